The molecule has 1 aromatic rings. The van der Waals surface area contributed by atoms with Crippen LogP contribution < -0.4 is 5.32 Å². The van der Waals surface area contributed by atoms with E-state index in [4.69, 9.17) is 9.84 Å². The summed E-state index contributed by atoms with van der Waals surface area (Å²) in [6.07, 6.45) is -12.2. The Kier molecular flexibility index (Phi) is 10.4. The number of ether oxygens (including phenoxy) is 1. The summed E-state index contributed by atoms with van der Waals surface area (Å²) in [4.78, 5) is 22.9. The van der Waals surface area contributed by atoms with Gasteiger partial charge in [0.1, 0.15) is 12.6 Å². The monoisotopic (exact) mass is 611 g/mol. The normalized spacial score (nSPS) is 14.7. The lowest BCUT2D eigenvalue weighted by Gasteiger charge is -2.39. The Balaban J connectivity index is 2.91. The summed E-state index contributed by atoms with van der Waals surface area (Å²) >= 11 is 0. The highest BCUT2D eigenvalue weighted by Crippen LogP contribution is 2.60. The van der Waals surface area contributed by atoms with Crippen LogP contribution in [-0.2, 0) is 22.6 Å². The minimum absolute atomic E-state index is 0.0666. The minimum atomic E-state index is -7.95. The molecule has 0 unspecified atom stereocenters. The molecule has 2 N–H and O–H groups in total. The van der Waals surface area contributed by atoms with Crippen molar-refractivity contribution in [1.29, 1.82) is 0 Å². The lowest BCUT2D eigenvalue weighted by molar-refractivity contribution is -0.440. The van der Waals surface area contributed by atoms with Crippen molar-refractivity contribution in [3.8, 4) is 0 Å². The number of amides is 1. The molecule has 230 valence electrons. The maximum absolute atomic E-state index is 13.9. The third-order valence-electron chi connectivity index (χ3n) is 5.42. The molecule has 1 aromatic carbocycles. The van der Waals surface area contributed by atoms with Crippen molar-refractivity contribution < 1.29 is 76.5 Å². The fourth-order valence-electron chi connectivity index (χ4n) is 3.09. The molecule has 1 amide bonds. The summed E-state index contributed by atoms with van der Waals surface area (Å²) in [6, 6.07) is 2.70. The van der Waals surface area contributed by atoms with Crippen molar-refractivity contribution in [2.45, 2.75) is 81.5 Å². The maximum atomic E-state index is 13.9. The molecule has 5 nitrogen and oxygen atoms in total. The Hall–Kier alpha value is -2.95. The Morgan fingerprint density at radius 3 is 1.65 bits per heavy atom. The molecule has 1 rings (SSSR count). The number of nitrogens with one attached hydrogen (secondary N) is 1. The molecule has 1 atom stereocenters. The van der Waals surface area contributed by atoms with Gasteiger partial charge < -0.3 is 15.2 Å². The van der Waals surface area contributed by atoms with Gasteiger partial charge in [0, 0.05) is 6.42 Å². The van der Waals surface area contributed by atoms with Gasteiger partial charge >= 0.3 is 47.9 Å². The fraction of sp³-hybridized carbons (Fsp3) is 0.636. The zero-order chi connectivity index (χ0) is 31.5. The Labute approximate surface area is 217 Å². The number of carboxylic acids is 1. The predicted octanol–water partition coefficient (Wildman–Crippen LogP) is 7.08. The molecule has 0 heterocycles. The second-order valence-electron chi connectivity index (χ2n) is 9.06. The molecular weight excluding hydrogens is 589 g/mol. The van der Waals surface area contributed by atoms with Gasteiger partial charge in [-0.2, -0.15) is 57.1 Å². The number of carbonyl (C=O) groups is 2. The van der Waals surface area contributed by atoms with Crippen LogP contribution in [-0.4, -0.2) is 59.0 Å². The van der Waals surface area contributed by atoms with Crippen LogP contribution in [0.4, 0.5) is 61.9 Å². The van der Waals surface area contributed by atoms with Crippen molar-refractivity contribution in [2.75, 3.05) is 0 Å². The van der Waals surface area contributed by atoms with E-state index >= 15 is 0 Å². The summed E-state index contributed by atoms with van der Waals surface area (Å²) in [6.45, 7) is 2.87. The van der Waals surface area contributed by atoms with Gasteiger partial charge in [-0.25, -0.2) is 9.59 Å². The standard InChI is InChI=1S/C22H22F13NO4/c1-11(2)9-14(15(37)38)36-16(39)40-10-13-5-3-12(4-6-13)7-8-17(23,24)18(25,26)19(27,28)20(29,30)21(31,32)22(33,34)35/h3-6,11,14H,7-10H2,1-2H3,(H,36,39)(H,37,38)/t14-/m1/s1. The number of aryl methyl sites for hydroxylation is 1. The van der Waals surface area contributed by atoms with E-state index in [0.29, 0.717) is 0 Å². The van der Waals surface area contributed by atoms with Crippen LogP contribution in [0.1, 0.15) is 37.8 Å². The van der Waals surface area contributed by atoms with Crippen molar-refractivity contribution in [3.05, 3.63) is 35.4 Å². The number of aliphatic carboxylic acids is 1. The number of halogens is 13. The van der Waals surface area contributed by atoms with Crippen LogP contribution in [0.15, 0.2) is 24.3 Å². The van der Waals surface area contributed by atoms with E-state index in [-0.39, 0.29) is 23.5 Å². The number of hydrogen-bond donors (Lipinski definition) is 2. The van der Waals surface area contributed by atoms with E-state index < -0.39 is 73.3 Å². The van der Waals surface area contributed by atoms with Crippen molar-refractivity contribution >= 4 is 12.1 Å². The lowest BCUT2D eigenvalue weighted by atomic mass is 9.91. The first-order valence-electron chi connectivity index (χ1n) is 11.0. The summed E-state index contributed by atoms with van der Waals surface area (Å²) in [5.41, 5.74) is -0.186. The van der Waals surface area contributed by atoms with Crippen LogP contribution in [0.3, 0.4) is 0 Å². The van der Waals surface area contributed by atoms with E-state index in [9.17, 15) is 66.7 Å². The van der Waals surface area contributed by atoms with E-state index in [0.717, 1.165) is 24.3 Å². The summed E-state index contributed by atoms with van der Waals surface area (Å²) < 4.78 is 176. The molecule has 40 heavy (non-hydrogen) atoms. The van der Waals surface area contributed by atoms with Crippen LogP contribution in [0, 0.1) is 5.92 Å². The van der Waals surface area contributed by atoms with Crippen LogP contribution in [0.25, 0.3) is 0 Å². The van der Waals surface area contributed by atoms with Crippen molar-refractivity contribution in [1.82, 2.24) is 5.32 Å². The lowest BCUT2D eigenvalue weighted by Crippen LogP contribution is -2.70. The second kappa shape index (κ2) is 11.9. The van der Waals surface area contributed by atoms with E-state index in [1.165, 1.54) is 0 Å². The highest BCUT2D eigenvalue weighted by Gasteiger charge is 2.90. The van der Waals surface area contributed by atoms with Gasteiger partial charge in [0.2, 0.25) is 0 Å². The molecule has 0 radical (unpaired) electrons. The van der Waals surface area contributed by atoms with Gasteiger partial charge in [0.25, 0.3) is 0 Å². The molecule has 0 aromatic heterocycles. The Morgan fingerprint density at radius 1 is 0.775 bits per heavy atom. The third-order valence-corrected chi connectivity index (χ3v) is 5.42. The molecule has 0 bridgehead atoms. The number of carboxylic acid groups (broad SMARTS) is 1. The zero-order valence-corrected chi connectivity index (χ0v) is 20.4. The number of carbonyl (C=O) groups excluding carboxylic acids is 1. The predicted molar refractivity (Wildman–Crippen MR) is 110 cm³/mol. The van der Waals surface area contributed by atoms with Gasteiger partial charge in [0.15, 0.2) is 0 Å². The van der Waals surface area contributed by atoms with E-state index in [2.05, 4.69) is 5.32 Å². The average molecular weight is 611 g/mol. The molecule has 0 aliphatic carbocycles. The Bertz CT molecular complexity index is 1020. The molecule has 0 saturated carbocycles. The van der Waals surface area contributed by atoms with Gasteiger partial charge in [-0.1, -0.05) is 38.1 Å². The fourth-order valence-corrected chi connectivity index (χ4v) is 3.09. The largest absolute Gasteiger partial charge is 0.480 e. The first-order valence-corrected chi connectivity index (χ1v) is 11.0. The zero-order valence-electron chi connectivity index (χ0n) is 20.4. The number of alkyl halides is 13. The molecule has 18 heteroatoms. The molecule has 0 spiro atoms. The van der Waals surface area contributed by atoms with Gasteiger partial charge in [-0.3, -0.25) is 0 Å². The van der Waals surface area contributed by atoms with Crippen LogP contribution in [0.5, 0.6) is 0 Å². The molecule has 0 aliphatic rings. The summed E-state index contributed by atoms with van der Waals surface area (Å²) in [5.74, 6) is -38.5. The highest BCUT2D eigenvalue weighted by molar-refractivity contribution is 5.79. The average Bonchev–Trinajstić information content (AvgIpc) is 2.80. The maximum Gasteiger partial charge on any atom is 0.460 e. The molecule has 0 fully saturated rings. The van der Waals surface area contributed by atoms with Gasteiger partial charge in [-0.05, 0) is 29.9 Å². The van der Waals surface area contributed by atoms with Crippen LogP contribution >= 0.6 is 0 Å². The summed E-state index contributed by atoms with van der Waals surface area (Å²) in [5, 5.41) is 11.2. The molecule has 0 saturated heterocycles. The highest BCUT2D eigenvalue weighted by atomic mass is 19.4. The van der Waals surface area contributed by atoms with E-state index in [1.54, 1.807) is 13.8 Å². The number of benzene rings is 1. The molecular formula is C22H22F13NO4. The second-order valence-corrected chi connectivity index (χ2v) is 9.06. The topological polar surface area (TPSA) is 75.6 Å². The first kappa shape index (κ1) is 35.1. The van der Waals surface area contributed by atoms with Crippen LogP contribution in [0.2, 0.25) is 0 Å². The van der Waals surface area contributed by atoms with Gasteiger partial charge in [0.05, 0.1) is 0 Å². The number of rotatable bonds is 13. The van der Waals surface area contributed by atoms with Crippen molar-refractivity contribution in [3.63, 3.8) is 0 Å². The van der Waals surface area contributed by atoms with Crippen molar-refractivity contribution in [2.24, 2.45) is 5.92 Å². The SMILES string of the molecule is CC(C)C[C@@H](NC(=O)OCc1ccc(CCC(F)(F)C(F)(F)C(F)(F)C(F)(F)C(F)(F)C(F)(F)F)cc1)C(=O)O. The Morgan fingerprint density at radius 2 is 1.23 bits per heavy atom. The van der Waals surface area contributed by atoms with Gasteiger partial charge in [-0.15, -0.1) is 0 Å². The first-order chi connectivity index (χ1) is 17.8. The quantitative estimate of drug-likeness (QED) is 0.234. The minimum Gasteiger partial charge on any atom is -0.480 e. The van der Waals surface area contributed by atoms with E-state index in [1.807, 2.05) is 0 Å². The molecule has 0 aliphatic heterocycles. The number of hydrogen-bond acceptors (Lipinski definition) is 3. The third kappa shape index (κ3) is 7.21. The number of alkyl carbamates (subject to hydrolysis) is 1. The summed E-state index contributed by atoms with van der Waals surface area (Å²) in [7, 11) is 0. The smallest absolute Gasteiger partial charge is 0.460 e.